The third kappa shape index (κ3) is 10.2. The number of anilines is 3. The van der Waals surface area contributed by atoms with Crippen molar-refractivity contribution >= 4 is 28.5 Å². The van der Waals surface area contributed by atoms with Crippen LogP contribution in [-0.2, 0) is 0 Å². The molecule has 0 aromatic heterocycles. The number of aryl methyl sites for hydroxylation is 1. The SMILES string of the molecule is CCC1=CC=C(N(C2=c3ccc(C4CC5CC(C)CC(C5)C4)cc3=C(N(c3ccc(C)cc3)c3ccc(C(C)C)cc3)C3CC=C(C(CC)CC(C)CC(CC)CC)C=C23)c2ccccc2)CC1. The lowest BCUT2D eigenvalue weighted by molar-refractivity contribution is 0.130. The van der Waals surface area contributed by atoms with Crippen LogP contribution in [0, 0.1) is 48.3 Å². The number of hydrogen-bond donors (Lipinski definition) is 0. The van der Waals surface area contributed by atoms with Crippen LogP contribution in [0.25, 0.3) is 11.4 Å². The van der Waals surface area contributed by atoms with Crippen LogP contribution in [0.3, 0.4) is 0 Å². The summed E-state index contributed by atoms with van der Waals surface area (Å²) in [7, 11) is 0. The summed E-state index contributed by atoms with van der Waals surface area (Å²) in [6, 6.07) is 38.3. The lowest BCUT2D eigenvalue weighted by Crippen LogP contribution is -2.46. The lowest BCUT2D eigenvalue weighted by Gasteiger charge is -2.43. The number of para-hydroxylation sites is 1. The molecule has 2 nitrogen and oxygen atoms in total. The zero-order valence-corrected chi connectivity index (χ0v) is 43.5. The maximum Gasteiger partial charge on any atom is 0.0576 e. The first-order valence-electron chi connectivity index (χ1n) is 27.6. The Morgan fingerprint density at radius 3 is 1.94 bits per heavy atom. The molecule has 4 aromatic rings. The van der Waals surface area contributed by atoms with Gasteiger partial charge in [-0.1, -0.05) is 152 Å². The lowest BCUT2D eigenvalue weighted by atomic mass is 9.64. The predicted molar refractivity (Wildman–Crippen MR) is 293 cm³/mol. The van der Waals surface area contributed by atoms with E-state index in [2.05, 4.69) is 193 Å². The van der Waals surface area contributed by atoms with E-state index in [0.29, 0.717) is 23.7 Å². The summed E-state index contributed by atoms with van der Waals surface area (Å²) < 4.78 is 0. The van der Waals surface area contributed by atoms with Crippen LogP contribution in [0.1, 0.15) is 174 Å². The van der Waals surface area contributed by atoms with Gasteiger partial charge in [-0.05, 0) is 202 Å². The normalized spacial score (nSPS) is 23.2. The fraction of sp³-hybridized carbons (Fsp3) is 0.485. The predicted octanol–water partition coefficient (Wildman–Crippen LogP) is 17.4. The Morgan fingerprint density at radius 2 is 1.32 bits per heavy atom. The largest absolute Gasteiger partial charge is 0.313 e. The Balaban J connectivity index is 1.34. The number of fused-ring (bicyclic) bond motifs is 4. The third-order valence-corrected chi connectivity index (χ3v) is 17.4. The molecule has 0 heterocycles. The highest BCUT2D eigenvalue weighted by molar-refractivity contribution is 5.92. The van der Waals surface area contributed by atoms with Crippen LogP contribution >= 0.6 is 0 Å². The highest BCUT2D eigenvalue weighted by Crippen LogP contribution is 2.50. The summed E-state index contributed by atoms with van der Waals surface area (Å²) >= 11 is 0. The van der Waals surface area contributed by atoms with E-state index in [9.17, 15) is 0 Å². The van der Waals surface area contributed by atoms with Crippen molar-refractivity contribution in [3.63, 3.8) is 0 Å². The molecule has 5 aliphatic carbocycles. The molecular formula is C66H84N2. The second-order valence-corrected chi connectivity index (χ2v) is 22.6. The summed E-state index contributed by atoms with van der Waals surface area (Å²) in [5, 5.41) is 2.79. The van der Waals surface area contributed by atoms with Crippen molar-refractivity contribution in [1.82, 2.24) is 0 Å². The van der Waals surface area contributed by atoms with Crippen molar-refractivity contribution in [2.24, 2.45) is 41.4 Å². The fourth-order valence-electron chi connectivity index (χ4n) is 13.7. The number of benzene rings is 4. The van der Waals surface area contributed by atoms with Gasteiger partial charge in [0.2, 0.25) is 0 Å². The Bertz CT molecular complexity index is 2600. The van der Waals surface area contributed by atoms with Crippen molar-refractivity contribution in [2.45, 2.75) is 164 Å². The van der Waals surface area contributed by atoms with Crippen LogP contribution in [0.15, 0.2) is 144 Å². The minimum atomic E-state index is 0.158. The monoisotopic (exact) mass is 905 g/mol. The Kier molecular flexibility index (Phi) is 15.2. The molecule has 0 N–H and O–H groups in total. The quantitative estimate of drug-likeness (QED) is 0.104. The average molecular weight is 905 g/mol. The maximum atomic E-state index is 2.73. The fourth-order valence-corrected chi connectivity index (χ4v) is 13.7. The van der Waals surface area contributed by atoms with Gasteiger partial charge < -0.3 is 9.80 Å². The van der Waals surface area contributed by atoms with E-state index in [0.717, 1.165) is 55.8 Å². The van der Waals surface area contributed by atoms with Gasteiger partial charge in [-0.15, -0.1) is 0 Å². The number of allylic oxidation sites excluding steroid dienone is 7. The van der Waals surface area contributed by atoms with Gasteiger partial charge in [0.05, 0.1) is 5.70 Å². The summed E-state index contributed by atoms with van der Waals surface area (Å²) in [5.74, 6) is 5.82. The van der Waals surface area contributed by atoms with Crippen molar-refractivity contribution in [3.05, 3.63) is 171 Å². The molecule has 4 aromatic carbocycles. The molecule has 5 atom stereocenters. The molecule has 0 saturated heterocycles. The van der Waals surface area contributed by atoms with E-state index in [1.54, 1.807) is 16.7 Å². The third-order valence-electron chi connectivity index (χ3n) is 17.4. The van der Waals surface area contributed by atoms with Crippen LogP contribution < -0.4 is 20.2 Å². The van der Waals surface area contributed by atoms with E-state index in [4.69, 9.17) is 0 Å². The van der Waals surface area contributed by atoms with Crippen LogP contribution in [-0.4, -0.2) is 0 Å². The zero-order valence-electron chi connectivity index (χ0n) is 43.5. The van der Waals surface area contributed by atoms with Gasteiger partial charge in [0, 0.05) is 44.8 Å². The summed E-state index contributed by atoms with van der Waals surface area (Å²) in [4.78, 5) is 5.41. The molecule has 9 rings (SSSR count). The smallest absolute Gasteiger partial charge is 0.0576 e. The van der Waals surface area contributed by atoms with Gasteiger partial charge in [0.1, 0.15) is 0 Å². The number of hydrogen-bond acceptors (Lipinski definition) is 2. The van der Waals surface area contributed by atoms with Crippen molar-refractivity contribution in [3.8, 4) is 0 Å². The molecule has 0 spiro atoms. The van der Waals surface area contributed by atoms with Crippen LogP contribution in [0.2, 0.25) is 0 Å². The molecule has 5 unspecified atom stereocenters. The Hall–Kier alpha value is -4.82. The highest BCUT2D eigenvalue weighted by Gasteiger charge is 2.39. The zero-order chi connectivity index (χ0) is 47.5. The Labute approximate surface area is 412 Å². The van der Waals surface area contributed by atoms with Crippen LogP contribution in [0.4, 0.5) is 17.1 Å². The second kappa shape index (κ2) is 21.4. The van der Waals surface area contributed by atoms with E-state index in [-0.39, 0.29) is 5.92 Å². The maximum absolute atomic E-state index is 2.73. The van der Waals surface area contributed by atoms with Gasteiger partial charge in [0.15, 0.2) is 0 Å². The summed E-state index contributed by atoms with van der Waals surface area (Å²) in [5.41, 5.74) is 16.8. The molecule has 2 heteroatoms. The van der Waals surface area contributed by atoms with E-state index in [1.165, 1.54) is 119 Å². The Morgan fingerprint density at radius 1 is 0.647 bits per heavy atom. The molecule has 0 radical (unpaired) electrons. The van der Waals surface area contributed by atoms with E-state index >= 15 is 0 Å². The first-order valence-corrected chi connectivity index (χ1v) is 27.6. The second-order valence-electron chi connectivity index (χ2n) is 22.6. The van der Waals surface area contributed by atoms with E-state index in [1.807, 2.05) is 0 Å². The van der Waals surface area contributed by atoms with Gasteiger partial charge in [-0.25, -0.2) is 0 Å². The molecule has 2 saturated carbocycles. The molecule has 68 heavy (non-hydrogen) atoms. The van der Waals surface area contributed by atoms with Crippen molar-refractivity contribution in [2.75, 3.05) is 9.80 Å². The molecule has 0 aliphatic heterocycles. The molecule has 2 bridgehead atoms. The summed E-state index contributed by atoms with van der Waals surface area (Å²) in [6.45, 7) is 21.4. The van der Waals surface area contributed by atoms with Crippen molar-refractivity contribution in [1.29, 1.82) is 0 Å². The molecule has 0 amide bonds. The standard InChI is InChI=1S/C66H84N2/c1-10-48(11-2)35-47(9)38-52(13-4)54-25-33-61-63(42-54)65(67(57-17-15-14-16-18-57)59-29-21-49(12-3)22-30-59)62-34-26-55(56-40-50-36-46(8)37-51(39-50)41-56)43-64(62)66(61)68(58-27-19-45(7)20-28-58)60-31-23-53(24-32-60)44(5)6/h14-21,23-29,31-32,34,42-44,46-48,50-52,56,61H,10-13,22,30,33,35-41H2,1-9H3. The summed E-state index contributed by atoms with van der Waals surface area (Å²) in [6.07, 6.45) is 27.8. The minimum Gasteiger partial charge on any atom is -0.313 e. The van der Waals surface area contributed by atoms with Crippen LogP contribution in [0.5, 0.6) is 0 Å². The average Bonchev–Trinajstić information content (AvgIpc) is 3.36. The molecule has 5 aliphatic rings. The molecular weight excluding hydrogens is 821 g/mol. The van der Waals surface area contributed by atoms with Gasteiger partial charge >= 0.3 is 0 Å². The van der Waals surface area contributed by atoms with E-state index < -0.39 is 0 Å². The highest BCUT2D eigenvalue weighted by atomic mass is 15.2. The molecule has 358 valence electrons. The van der Waals surface area contributed by atoms with Gasteiger partial charge in [-0.3, -0.25) is 0 Å². The number of nitrogens with zero attached hydrogens (tertiary/aromatic N) is 2. The topological polar surface area (TPSA) is 6.48 Å². The van der Waals surface area contributed by atoms with Crippen molar-refractivity contribution < 1.29 is 0 Å². The number of rotatable bonds is 17. The first-order chi connectivity index (χ1) is 33.0. The minimum absolute atomic E-state index is 0.158. The first kappa shape index (κ1) is 48.2. The van der Waals surface area contributed by atoms with Gasteiger partial charge in [0.25, 0.3) is 0 Å². The van der Waals surface area contributed by atoms with Gasteiger partial charge in [-0.2, -0.15) is 0 Å². The molecule has 2 fully saturated rings.